The van der Waals surface area contributed by atoms with Crippen LogP contribution < -0.4 is 10.1 Å². The minimum Gasteiger partial charge on any atom is -0.493 e. The van der Waals surface area contributed by atoms with Crippen molar-refractivity contribution in [2.45, 2.75) is 39.5 Å². The van der Waals surface area contributed by atoms with Crippen molar-refractivity contribution in [1.82, 2.24) is 0 Å². The Bertz CT molecular complexity index is 637. The lowest BCUT2D eigenvalue weighted by atomic mass is 9.87. The van der Waals surface area contributed by atoms with E-state index in [-0.39, 0.29) is 11.3 Å². The Hall–Kier alpha value is -2.29. The summed E-state index contributed by atoms with van der Waals surface area (Å²) < 4.78 is 5.64. The van der Waals surface area contributed by atoms with Gasteiger partial charge in [-0.25, -0.2) is 0 Å². The number of nitrogens with one attached hydrogen (secondary N) is 1. The van der Waals surface area contributed by atoms with Crippen LogP contribution in [0.1, 0.15) is 38.3 Å². The van der Waals surface area contributed by atoms with Gasteiger partial charge in [-0.2, -0.15) is 0 Å². The van der Waals surface area contributed by atoms with Gasteiger partial charge in [0.25, 0.3) is 0 Å². The molecule has 1 N–H and O–H groups in total. The van der Waals surface area contributed by atoms with Gasteiger partial charge in [-0.05, 0) is 42.2 Å². The van der Waals surface area contributed by atoms with E-state index in [1.807, 2.05) is 43.3 Å². The molecule has 0 aliphatic heterocycles. The molecule has 1 amide bonds. The van der Waals surface area contributed by atoms with Gasteiger partial charge in [0.1, 0.15) is 5.75 Å². The van der Waals surface area contributed by atoms with Crippen molar-refractivity contribution in [1.29, 1.82) is 0 Å². The second-order valence-electron chi connectivity index (χ2n) is 6.79. The largest absolute Gasteiger partial charge is 0.493 e. The first-order chi connectivity index (χ1) is 10.8. The Morgan fingerprint density at radius 1 is 1.00 bits per heavy atom. The average molecular weight is 311 g/mol. The minimum absolute atomic E-state index is 0.0415. The zero-order chi connectivity index (χ0) is 16.9. The first kappa shape index (κ1) is 17.1. The highest BCUT2D eigenvalue weighted by molar-refractivity contribution is 5.90. The molecule has 0 heterocycles. The Labute approximate surface area is 138 Å². The summed E-state index contributed by atoms with van der Waals surface area (Å²) in [5.74, 6) is 0.751. The molecule has 0 saturated carbocycles. The van der Waals surface area contributed by atoms with E-state index in [0.29, 0.717) is 13.0 Å². The smallest absolute Gasteiger partial charge is 0.227 e. The normalized spacial score (nSPS) is 11.1. The van der Waals surface area contributed by atoms with Gasteiger partial charge in [-0.1, -0.05) is 50.6 Å². The summed E-state index contributed by atoms with van der Waals surface area (Å²) in [4.78, 5) is 11.9. The molecule has 0 aliphatic rings. The number of hydrogen-bond donors (Lipinski definition) is 1. The van der Waals surface area contributed by atoms with E-state index >= 15 is 0 Å². The molecule has 0 saturated heterocycles. The fourth-order valence-electron chi connectivity index (χ4n) is 2.17. The molecule has 0 bridgehead atoms. The van der Waals surface area contributed by atoms with Crippen LogP contribution in [-0.2, 0) is 10.2 Å². The van der Waals surface area contributed by atoms with Gasteiger partial charge in [0.05, 0.1) is 13.0 Å². The summed E-state index contributed by atoms with van der Waals surface area (Å²) in [6.07, 6.45) is 0.328. The van der Waals surface area contributed by atoms with Crippen molar-refractivity contribution in [2.24, 2.45) is 0 Å². The first-order valence-electron chi connectivity index (χ1n) is 7.94. The third-order valence-electron chi connectivity index (χ3n) is 3.65. The van der Waals surface area contributed by atoms with Gasteiger partial charge in [0.2, 0.25) is 5.91 Å². The Morgan fingerprint density at radius 3 is 2.17 bits per heavy atom. The van der Waals surface area contributed by atoms with Crippen LogP contribution in [0.25, 0.3) is 0 Å². The minimum atomic E-state index is -0.0415. The Balaban J connectivity index is 1.78. The van der Waals surface area contributed by atoms with Crippen molar-refractivity contribution in [3.05, 3.63) is 59.7 Å². The van der Waals surface area contributed by atoms with Gasteiger partial charge in [0.15, 0.2) is 0 Å². The standard InChI is InChI=1S/C20H25NO2/c1-15-5-9-17(10-6-15)21-19(22)13-14-23-18-11-7-16(8-12-18)20(2,3)4/h5-12H,13-14H2,1-4H3,(H,21,22). The number of carbonyl (C=O) groups is 1. The summed E-state index contributed by atoms with van der Waals surface area (Å²) in [6.45, 7) is 8.92. The molecule has 0 fully saturated rings. The number of rotatable bonds is 5. The molecular weight excluding hydrogens is 286 g/mol. The van der Waals surface area contributed by atoms with Gasteiger partial charge < -0.3 is 10.1 Å². The number of amides is 1. The number of ether oxygens (including phenoxy) is 1. The van der Waals surface area contributed by atoms with E-state index in [9.17, 15) is 4.79 Å². The maximum atomic E-state index is 11.9. The summed E-state index contributed by atoms with van der Waals surface area (Å²) >= 11 is 0. The number of aryl methyl sites for hydroxylation is 1. The van der Waals surface area contributed by atoms with E-state index in [0.717, 1.165) is 11.4 Å². The van der Waals surface area contributed by atoms with Crippen LogP contribution in [0.4, 0.5) is 5.69 Å². The SMILES string of the molecule is Cc1ccc(NC(=O)CCOc2ccc(C(C)(C)C)cc2)cc1. The van der Waals surface area contributed by atoms with E-state index in [1.54, 1.807) is 0 Å². The number of hydrogen-bond acceptors (Lipinski definition) is 2. The number of benzene rings is 2. The lowest BCUT2D eigenvalue weighted by Gasteiger charge is -2.19. The molecule has 0 aliphatic carbocycles. The van der Waals surface area contributed by atoms with E-state index in [4.69, 9.17) is 4.74 Å². The van der Waals surface area contributed by atoms with Gasteiger partial charge >= 0.3 is 0 Å². The third kappa shape index (κ3) is 5.44. The van der Waals surface area contributed by atoms with Crippen molar-refractivity contribution in [3.8, 4) is 5.75 Å². The lowest BCUT2D eigenvalue weighted by Crippen LogP contribution is -2.15. The topological polar surface area (TPSA) is 38.3 Å². The summed E-state index contributed by atoms with van der Waals surface area (Å²) in [7, 11) is 0. The van der Waals surface area contributed by atoms with Crippen LogP contribution in [-0.4, -0.2) is 12.5 Å². The third-order valence-corrected chi connectivity index (χ3v) is 3.65. The van der Waals surface area contributed by atoms with Gasteiger partial charge in [-0.15, -0.1) is 0 Å². The molecule has 2 rings (SSSR count). The van der Waals surface area contributed by atoms with Gasteiger partial charge in [-0.3, -0.25) is 4.79 Å². The molecule has 0 radical (unpaired) electrons. The molecule has 23 heavy (non-hydrogen) atoms. The van der Waals surface area contributed by atoms with E-state index < -0.39 is 0 Å². The molecule has 3 nitrogen and oxygen atoms in total. The highest BCUT2D eigenvalue weighted by Crippen LogP contribution is 2.24. The average Bonchev–Trinajstić information content (AvgIpc) is 2.49. The first-order valence-corrected chi connectivity index (χ1v) is 7.94. The fourth-order valence-corrected chi connectivity index (χ4v) is 2.17. The monoisotopic (exact) mass is 311 g/mol. The van der Waals surface area contributed by atoms with Crippen molar-refractivity contribution >= 4 is 11.6 Å². The van der Waals surface area contributed by atoms with Crippen LogP contribution in [0.15, 0.2) is 48.5 Å². The number of anilines is 1. The second-order valence-corrected chi connectivity index (χ2v) is 6.79. The predicted octanol–water partition coefficient (Wildman–Crippen LogP) is 4.70. The molecule has 2 aromatic carbocycles. The maximum absolute atomic E-state index is 11.9. The van der Waals surface area contributed by atoms with Crippen molar-refractivity contribution in [2.75, 3.05) is 11.9 Å². The van der Waals surface area contributed by atoms with Crippen LogP contribution in [0.2, 0.25) is 0 Å². The molecule has 122 valence electrons. The Morgan fingerprint density at radius 2 is 1.61 bits per heavy atom. The highest BCUT2D eigenvalue weighted by Gasteiger charge is 2.13. The molecule has 0 unspecified atom stereocenters. The summed E-state index contributed by atoms with van der Waals surface area (Å²) in [5.41, 5.74) is 3.38. The molecule has 0 spiro atoms. The van der Waals surface area contributed by atoms with E-state index in [1.165, 1.54) is 11.1 Å². The molecule has 0 atom stereocenters. The highest BCUT2D eigenvalue weighted by atomic mass is 16.5. The van der Waals surface area contributed by atoms with Crippen molar-refractivity contribution in [3.63, 3.8) is 0 Å². The van der Waals surface area contributed by atoms with E-state index in [2.05, 4.69) is 38.2 Å². The van der Waals surface area contributed by atoms with Crippen LogP contribution in [0.3, 0.4) is 0 Å². The van der Waals surface area contributed by atoms with Crippen LogP contribution in [0.5, 0.6) is 5.75 Å². The summed E-state index contributed by atoms with van der Waals surface area (Å²) in [6, 6.07) is 15.8. The summed E-state index contributed by atoms with van der Waals surface area (Å²) in [5, 5.41) is 2.87. The van der Waals surface area contributed by atoms with Crippen LogP contribution >= 0.6 is 0 Å². The predicted molar refractivity (Wildman–Crippen MR) is 95.1 cm³/mol. The fraction of sp³-hybridized carbons (Fsp3) is 0.350. The second kappa shape index (κ2) is 7.32. The molecule has 2 aromatic rings. The molecular formula is C20H25NO2. The maximum Gasteiger partial charge on any atom is 0.227 e. The number of carbonyl (C=O) groups excluding carboxylic acids is 1. The molecule has 3 heteroatoms. The lowest BCUT2D eigenvalue weighted by molar-refractivity contribution is -0.116. The molecule has 0 aromatic heterocycles. The zero-order valence-corrected chi connectivity index (χ0v) is 14.3. The van der Waals surface area contributed by atoms with Crippen molar-refractivity contribution < 1.29 is 9.53 Å². The Kier molecular flexibility index (Phi) is 5.43. The van der Waals surface area contributed by atoms with Crippen LogP contribution in [0, 0.1) is 6.92 Å². The van der Waals surface area contributed by atoms with Gasteiger partial charge in [0, 0.05) is 5.69 Å². The zero-order valence-electron chi connectivity index (χ0n) is 14.3. The quantitative estimate of drug-likeness (QED) is 0.869.